The highest BCUT2D eigenvalue weighted by Crippen LogP contribution is 2.27. The molecule has 1 N–H and O–H groups in total. The van der Waals surface area contributed by atoms with Gasteiger partial charge in [0.15, 0.2) is 0 Å². The number of piperidine rings is 1. The van der Waals surface area contributed by atoms with E-state index in [9.17, 15) is 9.59 Å². The van der Waals surface area contributed by atoms with E-state index in [2.05, 4.69) is 0 Å². The van der Waals surface area contributed by atoms with Crippen LogP contribution in [0.2, 0.25) is 0 Å². The van der Waals surface area contributed by atoms with Crippen molar-refractivity contribution in [3.05, 3.63) is 21.4 Å². The van der Waals surface area contributed by atoms with E-state index in [4.69, 9.17) is 5.11 Å². The topological polar surface area (TPSA) is 57.6 Å². The highest BCUT2D eigenvalue weighted by atomic mass is 32.1. The van der Waals surface area contributed by atoms with E-state index in [0.717, 1.165) is 15.3 Å². The number of amides is 1. The highest BCUT2D eigenvalue weighted by Gasteiger charge is 2.33. The minimum Gasteiger partial charge on any atom is -0.481 e. The van der Waals surface area contributed by atoms with Gasteiger partial charge in [0.1, 0.15) is 0 Å². The number of thiophene rings is 1. The molecule has 2 atom stereocenters. The number of nitrogens with zero attached hydrogens (tertiary/aromatic N) is 1. The lowest BCUT2D eigenvalue weighted by Crippen LogP contribution is -2.45. The number of carbonyl (C=O) groups excluding carboxylic acids is 1. The lowest BCUT2D eigenvalue weighted by atomic mass is 9.91. The van der Waals surface area contributed by atoms with Gasteiger partial charge in [0.2, 0.25) is 0 Å². The Morgan fingerprint density at radius 2 is 2.11 bits per heavy atom. The van der Waals surface area contributed by atoms with Crippen LogP contribution in [0.1, 0.15) is 39.9 Å². The molecule has 4 nitrogen and oxygen atoms in total. The normalized spacial score (nSPS) is 23.4. The minimum atomic E-state index is -0.748. The first-order valence-electron chi connectivity index (χ1n) is 6.51. The van der Waals surface area contributed by atoms with Crippen LogP contribution in [0.25, 0.3) is 0 Å². The minimum absolute atomic E-state index is 0.00920. The van der Waals surface area contributed by atoms with Crippen molar-refractivity contribution >= 4 is 23.2 Å². The lowest BCUT2D eigenvalue weighted by Gasteiger charge is -2.36. The Kier molecular flexibility index (Phi) is 3.94. The van der Waals surface area contributed by atoms with Gasteiger partial charge in [0.05, 0.1) is 10.8 Å². The molecule has 1 aromatic heterocycles. The quantitative estimate of drug-likeness (QED) is 0.906. The van der Waals surface area contributed by atoms with Crippen LogP contribution in [0, 0.1) is 19.8 Å². The van der Waals surface area contributed by atoms with Crippen LogP contribution in [-0.4, -0.2) is 34.5 Å². The number of aliphatic carboxylic acids is 1. The third-order valence-electron chi connectivity index (χ3n) is 3.86. The maximum atomic E-state index is 12.4. The Morgan fingerprint density at radius 1 is 1.42 bits per heavy atom. The number of hydrogen-bond acceptors (Lipinski definition) is 3. The molecule has 0 aromatic carbocycles. The third-order valence-corrected chi connectivity index (χ3v) is 5.00. The van der Waals surface area contributed by atoms with Crippen molar-refractivity contribution in [1.29, 1.82) is 0 Å². The summed E-state index contributed by atoms with van der Waals surface area (Å²) in [4.78, 5) is 27.2. The van der Waals surface area contributed by atoms with Crippen LogP contribution in [0.3, 0.4) is 0 Å². The second kappa shape index (κ2) is 5.33. The van der Waals surface area contributed by atoms with E-state index in [1.807, 2.05) is 31.7 Å². The van der Waals surface area contributed by atoms with Crippen molar-refractivity contribution in [2.75, 3.05) is 6.54 Å². The van der Waals surface area contributed by atoms with E-state index >= 15 is 0 Å². The standard InChI is InChI=1S/C14H19NO3S/c1-8-6-12(19-10(8)3)13(16)15-5-4-11(14(17)18)7-9(15)2/h6,9,11H,4-5,7H2,1-3H3,(H,17,18). The molecule has 1 aliphatic heterocycles. The maximum absolute atomic E-state index is 12.4. The monoisotopic (exact) mass is 281 g/mol. The summed E-state index contributed by atoms with van der Waals surface area (Å²) in [5, 5.41) is 9.04. The Balaban J connectivity index is 2.10. The van der Waals surface area contributed by atoms with Gasteiger partial charge < -0.3 is 10.0 Å². The predicted octanol–water partition coefficient (Wildman–Crippen LogP) is 2.69. The first-order valence-corrected chi connectivity index (χ1v) is 7.32. The summed E-state index contributed by atoms with van der Waals surface area (Å²) in [5.74, 6) is -1.02. The summed E-state index contributed by atoms with van der Waals surface area (Å²) >= 11 is 1.52. The molecule has 0 spiro atoms. The molecule has 19 heavy (non-hydrogen) atoms. The first-order chi connectivity index (χ1) is 8.90. The van der Waals surface area contributed by atoms with Gasteiger partial charge in [-0.25, -0.2) is 0 Å². The average Bonchev–Trinajstić information content (AvgIpc) is 2.68. The van der Waals surface area contributed by atoms with E-state index in [1.54, 1.807) is 0 Å². The molecule has 104 valence electrons. The fourth-order valence-corrected chi connectivity index (χ4v) is 3.51. The number of carboxylic acid groups (broad SMARTS) is 1. The summed E-state index contributed by atoms with van der Waals surface area (Å²) < 4.78 is 0. The molecular formula is C14H19NO3S. The number of hydrogen-bond donors (Lipinski definition) is 1. The second-order valence-electron chi connectivity index (χ2n) is 5.26. The van der Waals surface area contributed by atoms with Crippen LogP contribution >= 0.6 is 11.3 Å². The number of rotatable bonds is 2. The Bertz CT molecular complexity index is 489. The van der Waals surface area contributed by atoms with Gasteiger partial charge in [0.25, 0.3) is 5.91 Å². The molecule has 0 saturated carbocycles. The summed E-state index contributed by atoms with van der Waals surface area (Å²) in [5.41, 5.74) is 1.14. The molecule has 1 fully saturated rings. The van der Waals surface area contributed by atoms with E-state index in [1.165, 1.54) is 11.3 Å². The van der Waals surface area contributed by atoms with Crippen molar-refractivity contribution in [2.24, 2.45) is 5.92 Å². The van der Waals surface area contributed by atoms with Crippen LogP contribution < -0.4 is 0 Å². The van der Waals surface area contributed by atoms with Crippen molar-refractivity contribution < 1.29 is 14.7 Å². The largest absolute Gasteiger partial charge is 0.481 e. The lowest BCUT2D eigenvalue weighted by molar-refractivity contribution is -0.143. The molecule has 0 aliphatic carbocycles. The zero-order valence-electron chi connectivity index (χ0n) is 11.5. The zero-order chi connectivity index (χ0) is 14.2. The second-order valence-corrected chi connectivity index (χ2v) is 6.51. The predicted molar refractivity (Wildman–Crippen MR) is 74.7 cm³/mol. The molecule has 2 heterocycles. The van der Waals surface area contributed by atoms with Crippen molar-refractivity contribution in [3.8, 4) is 0 Å². The molecule has 1 aliphatic rings. The Morgan fingerprint density at radius 3 is 2.58 bits per heavy atom. The van der Waals surface area contributed by atoms with Gasteiger partial charge in [-0.2, -0.15) is 0 Å². The summed E-state index contributed by atoms with van der Waals surface area (Å²) in [6.07, 6.45) is 1.10. The summed E-state index contributed by atoms with van der Waals surface area (Å²) in [6, 6.07) is 1.92. The molecular weight excluding hydrogens is 262 g/mol. The Hall–Kier alpha value is -1.36. The van der Waals surface area contributed by atoms with Gasteiger partial charge in [-0.1, -0.05) is 0 Å². The number of carboxylic acids is 1. The molecule has 2 rings (SSSR count). The maximum Gasteiger partial charge on any atom is 0.306 e. The van der Waals surface area contributed by atoms with Crippen LogP contribution in [0.15, 0.2) is 6.07 Å². The first kappa shape index (κ1) is 14.1. The van der Waals surface area contributed by atoms with Gasteiger partial charge in [0, 0.05) is 17.5 Å². The van der Waals surface area contributed by atoms with E-state index in [-0.39, 0.29) is 17.9 Å². The number of likely N-dealkylation sites (tertiary alicyclic amines) is 1. The third kappa shape index (κ3) is 2.81. The smallest absolute Gasteiger partial charge is 0.306 e. The highest BCUT2D eigenvalue weighted by molar-refractivity contribution is 7.14. The SMILES string of the molecule is Cc1cc(C(=O)N2CCC(C(=O)O)CC2C)sc1C. The van der Waals surface area contributed by atoms with Crippen molar-refractivity contribution in [1.82, 2.24) is 4.90 Å². The fraction of sp³-hybridized carbons (Fsp3) is 0.571. The summed E-state index contributed by atoms with van der Waals surface area (Å²) in [7, 11) is 0. The van der Waals surface area contributed by atoms with E-state index < -0.39 is 5.97 Å². The average molecular weight is 281 g/mol. The van der Waals surface area contributed by atoms with Crippen LogP contribution in [0.4, 0.5) is 0 Å². The molecule has 0 radical (unpaired) electrons. The molecule has 1 saturated heterocycles. The molecule has 1 aromatic rings. The zero-order valence-corrected chi connectivity index (χ0v) is 12.3. The Labute approximate surface area is 117 Å². The molecule has 0 bridgehead atoms. The summed E-state index contributed by atoms with van der Waals surface area (Å²) in [6.45, 7) is 6.48. The molecule has 1 amide bonds. The van der Waals surface area contributed by atoms with Crippen LogP contribution in [0.5, 0.6) is 0 Å². The van der Waals surface area contributed by atoms with Gasteiger partial charge in [-0.3, -0.25) is 9.59 Å². The van der Waals surface area contributed by atoms with Gasteiger partial charge in [-0.05, 0) is 45.2 Å². The number of carbonyl (C=O) groups is 2. The van der Waals surface area contributed by atoms with Crippen LogP contribution in [-0.2, 0) is 4.79 Å². The van der Waals surface area contributed by atoms with Gasteiger partial charge >= 0.3 is 5.97 Å². The fourth-order valence-electron chi connectivity index (χ4n) is 2.52. The molecule has 2 unspecified atom stereocenters. The van der Waals surface area contributed by atoms with Gasteiger partial charge in [-0.15, -0.1) is 11.3 Å². The van der Waals surface area contributed by atoms with Crippen molar-refractivity contribution in [2.45, 2.75) is 39.7 Å². The molecule has 5 heteroatoms. The van der Waals surface area contributed by atoms with E-state index in [0.29, 0.717) is 19.4 Å². The number of aryl methyl sites for hydroxylation is 2. The van der Waals surface area contributed by atoms with Crippen molar-refractivity contribution in [3.63, 3.8) is 0 Å².